The lowest BCUT2D eigenvalue weighted by molar-refractivity contribution is -0.123. The van der Waals surface area contributed by atoms with Crippen LogP contribution in [-0.4, -0.2) is 81.7 Å². The maximum atomic E-state index is 10.7. The van der Waals surface area contributed by atoms with Crippen molar-refractivity contribution in [3.8, 4) is 17.0 Å². The van der Waals surface area contributed by atoms with Crippen molar-refractivity contribution in [1.29, 1.82) is 0 Å². The van der Waals surface area contributed by atoms with E-state index in [1.54, 1.807) is 12.3 Å². The van der Waals surface area contributed by atoms with Crippen molar-refractivity contribution in [1.82, 2.24) is 20.5 Å². The summed E-state index contributed by atoms with van der Waals surface area (Å²) in [6, 6.07) is 9.89. The molecule has 4 N–H and O–H groups in total. The molecule has 0 aliphatic carbocycles. The van der Waals surface area contributed by atoms with Crippen molar-refractivity contribution in [3.05, 3.63) is 36.5 Å². The van der Waals surface area contributed by atoms with E-state index in [0.717, 1.165) is 35.2 Å². The zero-order chi connectivity index (χ0) is 28.7. The van der Waals surface area contributed by atoms with Crippen LogP contribution < -0.4 is 15.1 Å². The molecule has 0 amide bonds. The van der Waals surface area contributed by atoms with E-state index in [9.17, 15) is 5.11 Å². The second-order valence-corrected chi connectivity index (χ2v) is 10.7. The molecule has 1 aliphatic heterocycles. The van der Waals surface area contributed by atoms with Crippen molar-refractivity contribution in [3.63, 3.8) is 0 Å². The van der Waals surface area contributed by atoms with Gasteiger partial charge in [-0.05, 0) is 64.8 Å². The van der Waals surface area contributed by atoms with Gasteiger partial charge in [-0.3, -0.25) is 14.6 Å². The molecule has 206 valence electrons. The minimum absolute atomic E-state index is 0.0586. The summed E-state index contributed by atoms with van der Waals surface area (Å²) >= 11 is 0. The van der Waals surface area contributed by atoms with Gasteiger partial charge in [-0.15, -0.1) is 10.2 Å². The van der Waals surface area contributed by atoms with E-state index < -0.39 is 0 Å². The summed E-state index contributed by atoms with van der Waals surface area (Å²) in [6.45, 7) is 8.51. The van der Waals surface area contributed by atoms with Crippen LogP contribution in [0.25, 0.3) is 22.2 Å². The summed E-state index contributed by atoms with van der Waals surface area (Å²) in [7, 11) is 6.08. The van der Waals surface area contributed by atoms with Crippen LogP contribution in [0.15, 0.2) is 36.5 Å². The zero-order valence-corrected chi connectivity index (χ0v) is 23.0. The fourth-order valence-electron chi connectivity index (χ4n) is 5.15. The van der Waals surface area contributed by atoms with Gasteiger partial charge in [0.05, 0.1) is 11.2 Å². The smallest absolute Gasteiger partial charge is 0.290 e. The van der Waals surface area contributed by atoms with Gasteiger partial charge in [0.25, 0.3) is 12.9 Å². The molecule has 38 heavy (non-hydrogen) atoms. The molecule has 1 fully saturated rings. The molecule has 0 radical (unpaired) electrons. The molecule has 0 bridgehead atoms. The summed E-state index contributed by atoms with van der Waals surface area (Å²) in [4.78, 5) is 25.4. The van der Waals surface area contributed by atoms with Gasteiger partial charge < -0.3 is 30.4 Å². The number of pyridine rings is 1. The number of nitrogens with one attached hydrogen (secondary N) is 1. The monoisotopic (exact) mass is 526 g/mol. The van der Waals surface area contributed by atoms with Crippen molar-refractivity contribution >= 4 is 35.4 Å². The lowest BCUT2D eigenvalue weighted by atomic mass is 9.79. The normalized spacial score (nSPS) is 15.8. The van der Waals surface area contributed by atoms with Gasteiger partial charge in [0.2, 0.25) is 0 Å². The number of hydrogen-bond donors (Lipinski definition) is 4. The number of piperidine rings is 1. The molecular formula is C27H38N6O5. The van der Waals surface area contributed by atoms with E-state index in [1.807, 2.05) is 43.3 Å². The molecule has 0 spiro atoms. The molecule has 0 atom stereocenters. The fourth-order valence-corrected chi connectivity index (χ4v) is 5.15. The first-order valence-corrected chi connectivity index (χ1v) is 12.1. The minimum Gasteiger partial charge on any atom is -0.507 e. The number of rotatable bonds is 4. The predicted molar refractivity (Wildman–Crippen MR) is 149 cm³/mol. The molecule has 4 rings (SSSR count). The van der Waals surface area contributed by atoms with Gasteiger partial charge in [-0.1, -0.05) is 0 Å². The molecule has 11 heteroatoms. The van der Waals surface area contributed by atoms with Crippen molar-refractivity contribution in [2.45, 2.75) is 57.7 Å². The Kier molecular flexibility index (Phi) is 9.95. The number of benzene rings is 1. The molecule has 3 heterocycles. The number of aromatic nitrogens is 3. The molecule has 0 unspecified atom stereocenters. The molecule has 1 saturated heterocycles. The second-order valence-electron chi connectivity index (χ2n) is 10.7. The van der Waals surface area contributed by atoms with Crippen LogP contribution in [0.4, 0.5) is 11.5 Å². The second kappa shape index (κ2) is 12.5. The third-order valence-electron chi connectivity index (χ3n) is 6.32. The van der Waals surface area contributed by atoms with Gasteiger partial charge in [-0.2, -0.15) is 0 Å². The van der Waals surface area contributed by atoms with E-state index in [-0.39, 0.29) is 29.8 Å². The molecule has 3 aromatic rings. The SMILES string of the molecule is CN(C)c1ccnc2cc(O)c(-c3ccc(N(C)C4CC(C)(C)NC(C)(C)C4)nn3)cc12.O=CO.O=CO. The molecular weight excluding hydrogens is 488 g/mol. The number of phenols is 1. The third-order valence-corrected chi connectivity index (χ3v) is 6.32. The lowest BCUT2D eigenvalue weighted by Crippen LogP contribution is -2.62. The molecule has 2 aromatic heterocycles. The van der Waals surface area contributed by atoms with Crippen LogP contribution in [0.3, 0.4) is 0 Å². The Morgan fingerprint density at radius 2 is 1.53 bits per heavy atom. The van der Waals surface area contributed by atoms with E-state index in [0.29, 0.717) is 17.3 Å². The first-order valence-electron chi connectivity index (χ1n) is 12.1. The number of carboxylic acid groups (broad SMARTS) is 2. The Hall–Kier alpha value is -3.99. The van der Waals surface area contributed by atoms with E-state index in [4.69, 9.17) is 19.8 Å². The summed E-state index contributed by atoms with van der Waals surface area (Å²) < 4.78 is 0. The number of aromatic hydroxyl groups is 1. The maximum Gasteiger partial charge on any atom is 0.290 e. The topological polar surface area (TPSA) is 152 Å². The van der Waals surface area contributed by atoms with E-state index >= 15 is 0 Å². The quantitative estimate of drug-likeness (QED) is 0.369. The van der Waals surface area contributed by atoms with Crippen LogP contribution in [0.1, 0.15) is 40.5 Å². The Morgan fingerprint density at radius 1 is 0.947 bits per heavy atom. The van der Waals surface area contributed by atoms with Gasteiger partial charge in [0.15, 0.2) is 5.82 Å². The van der Waals surface area contributed by atoms with Crippen LogP contribution in [0, 0.1) is 0 Å². The number of nitrogens with zero attached hydrogens (tertiary/aromatic N) is 5. The predicted octanol–water partition coefficient (Wildman–Crippen LogP) is 3.61. The molecule has 0 saturated carbocycles. The summed E-state index contributed by atoms with van der Waals surface area (Å²) in [5, 5.41) is 38.1. The number of anilines is 2. The molecule has 11 nitrogen and oxygen atoms in total. The van der Waals surface area contributed by atoms with Crippen LogP contribution >= 0.6 is 0 Å². The number of phenolic OH excluding ortho intramolecular Hbond substituents is 1. The molecule has 1 aromatic carbocycles. The highest BCUT2D eigenvalue weighted by atomic mass is 16.3. The summed E-state index contributed by atoms with van der Waals surface area (Å²) in [5.74, 6) is 0.987. The maximum absolute atomic E-state index is 10.7. The van der Waals surface area contributed by atoms with Crippen LogP contribution in [0.5, 0.6) is 5.75 Å². The van der Waals surface area contributed by atoms with Gasteiger partial charge in [-0.25, -0.2) is 0 Å². The van der Waals surface area contributed by atoms with Gasteiger partial charge in [0, 0.05) is 67.2 Å². The Morgan fingerprint density at radius 3 is 2.03 bits per heavy atom. The lowest BCUT2D eigenvalue weighted by Gasteiger charge is -2.49. The number of fused-ring (bicyclic) bond motifs is 1. The average molecular weight is 527 g/mol. The number of hydrogen-bond acceptors (Lipinski definition) is 9. The number of carbonyl (C=O) groups is 2. The third kappa shape index (κ3) is 7.51. The largest absolute Gasteiger partial charge is 0.507 e. The average Bonchev–Trinajstić information content (AvgIpc) is 2.82. The van der Waals surface area contributed by atoms with Crippen molar-refractivity contribution in [2.75, 3.05) is 30.9 Å². The first-order chi connectivity index (χ1) is 17.8. The van der Waals surface area contributed by atoms with E-state index in [2.05, 4.69) is 60.1 Å². The van der Waals surface area contributed by atoms with Crippen LogP contribution in [0.2, 0.25) is 0 Å². The first kappa shape index (κ1) is 30.2. The van der Waals surface area contributed by atoms with Crippen LogP contribution in [-0.2, 0) is 9.59 Å². The minimum atomic E-state index is -0.250. The van der Waals surface area contributed by atoms with Gasteiger partial charge >= 0.3 is 0 Å². The summed E-state index contributed by atoms with van der Waals surface area (Å²) in [6.07, 6.45) is 3.81. The standard InChI is InChI=1S/C25H34N6O.2CH2O2/c1-24(2)14-16(15-25(3,4)29-24)31(7)23-9-8-19(27-28-23)18-12-17-20(13-22(18)32)26-11-10-21(17)30(5)6;2*2-1-3/h8-13,16,29,32H,14-15H2,1-7H3;2*1H,(H,2,3). The highest BCUT2D eigenvalue weighted by Gasteiger charge is 2.39. The Bertz CT molecular complexity index is 1210. The van der Waals surface area contributed by atoms with E-state index in [1.165, 1.54) is 0 Å². The zero-order valence-electron chi connectivity index (χ0n) is 23.0. The fraction of sp³-hybridized carbons (Fsp3) is 0.444. The van der Waals surface area contributed by atoms with Crippen molar-refractivity contribution < 1.29 is 24.9 Å². The Labute approximate surface area is 223 Å². The van der Waals surface area contributed by atoms with Gasteiger partial charge in [0.1, 0.15) is 5.75 Å². The Balaban J connectivity index is 0.000000773. The molecule has 1 aliphatic rings. The summed E-state index contributed by atoms with van der Waals surface area (Å²) in [5.41, 5.74) is 3.20. The highest BCUT2D eigenvalue weighted by molar-refractivity contribution is 5.96. The highest BCUT2D eigenvalue weighted by Crippen LogP contribution is 2.36. The van der Waals surface area contributed by atoms with Crippen molar-refractivity contribution in [2.24, 2.45) is 0 Å².